The molecule has 0 saturated heterocycles. The van der Waals surface area contributed by atoms with E-state index >= 15 is 0 Å². The Balaban J connectivity index is 1.93. The van der Waals surface area contributed by atoms with Crippen LogP contribution in [0.5, 0.6) is 0 Å². The number of rotatable bonds is 6. The van der Waals surface area contributed by atoms with Crippen molar-refractivity contribution in [3.8, 4) is 0 Å². The van der Waals surface area contributed by atoms with Gasteiger partial charge < -0.3 is 10.1 Å². The summed E-state index contributed by atoms with van der Waals surface area (Å²) in [5.41, 5.74) is 1.95. The van der Waals surface area contributed by atoms with Crippen LogP contribution in [-0.4, -0.2) is 25.0 Å². The Morgan fingerprint density at radius 2 is 1.41 bits per heavy atom. The number of methoxy groups -OCH3 is 1. The Labute approximate surface area is 160 Å². The predicted molar refractivity (Wildman–Crippen MR) is 105 cm³/mol. The van der Waals surface area contributed by atoms with Gasteiger partial charge in [-0.15, -0.1) is 0 Å². The first-order valence-electron chi connectivity index (χ1n) is 9.69. The third kappa shape index (κ3) is 4.76. The number of benzene rings is 2. The quantitative estimate of drug-likeness (QED) is 0.786. The molecule has 0 unspecified atom stereocenters. The van der Waals surface area contributed by atoms with Crippen LogP contribution in [-0.2, 0) is 14.3 Å². The summed E-state index contributed by atoms with van der Waals surface area (Å²) in [6.45, 7) is 0. The van der Waals surface area contributed by atoms with Gasteiger partial charge in [-0.25, -0.2) is 4.79 Å². The topological polar surface area (TPSA) is 55.4 Å². The van der Waals surface area contributed by atoms with Crippen LogP contribution in [0, 0.1) is 5.92 Å². The Kier molecular flexibility index (Phi) is 6.64. The maximum Gasteiger partial charge on any atom is 0.329 e. The lowest BCUT2D eigenvalue weighted by molar-refractivity contribution is -0.146. The highest BCUT2D eigenvalue weighted by molar-refractivity contribution is 5.87. The van der Waals surface area contributed by atoms with Gasteiger partial charge in [-0.05, 0) is 24.0 Å². The van der Waals surface area contributed by atoms with Crippen molar-refractivity contribution in [1.82, 2.24) is 5.32 Å². The van der Waals surface area contributed by atoms with Gasteiger partial charge >= 0.3 is 5.97 Å². The van der Waals surface area contributed by atoms with Crippen LogP contribution in [0.3, 0.4) is 0 Å². The van der Waals surface area contributed by atoms with Gasteiger partial charge in [0.05, 0.1) is 7.11 Å². The van der Waals surface area contributed by atoms with Gasteiger partial charge in [0.25, 0.3) is 0 Å². The highest BCUT2D eigenvalue weighted by atomic mass is 16.5. The zero-order valence-corrected chi connectivity index (χ0v) is 15.8. The first-order chi connectivity index (χ1) is 13.2. The van der Waals surface area contributed by atoms with Crippen molar-refractivity contribution in [1.29, 1.82) is 0 Å². The minimum atomic E-state index is -0.755. The third-order valence-electron chi connectivity index (χ3n) is 5.38. The summed E-state index contributed by atoms with van der Waals surface area (Å²) in [5.74, 6) is -0.774. The van der Waals surface area contributed by atoms with Gasteiger partial charge in [0.2, 0.25) is 5.91 Å². The third-order valence-corrected chi connectivity index (χ3v) is 5.38. The molecule has 1 atom stereocenters. The van der Waals surface area contributed by atoms with Crippen LogP contribution in [0.1, 0.15) is 49.1 Å². The maximum absolute atomic E-state index is 12.9. The summed E-state index contributed by atoms with van der Waals surface area (Å²) in [5, 5.41) is 3.02. The molecule has 142 valence electrons. The Hall–Kier alpha value is -2.62. The molecule has 0 heterocycles. The van der Waals surface area contributed by atoms with Crippen LogP contribution >= 0.6 is 0 Å². The molecule has 0 bridgehead atoms. The zero-order chi connectivity index (χ0) is 19.1. The molecule has 0 aliphatic heterocycles. The second-order valence-electron chi connectivity index (χ2n) is 7.14. The van der Waals surface area contributed by atoms with Gasteiger partial charge in [-0.2, -0.15) is 0 Å². The number of nitrogens with one attached hydrogen (secondary N) is 1. The van der Waals surface area contributed by atoms with Crippen molar-refractivity contribution in [3.63, 3.8) is 0 Å². The molecule has 1 fully saturated rings. The van der Waals surface area contributed by atoms with Crippen molar-refractivity contribution in [2.75, 3.05) is 7.11 Å². The summed E-state index contributed by atoms with van der Waals surface area (Å²) in [7, 11) is 1.37. The van der Waals surface area contributed by atoms with Crippen molar-refractivity contribution < 1.29 is 14.3 Å². The predicted octanol–water partition coefficient (Wildman–Crippen LogP) is 4.06. The molecule has 1 aliphatic carbocycles. The molecule has 4 heteroatoms. The minimum Gasteiger partial charge on any atom is -0.467 e. The Morgan fingerprint density at radius 3 is 1.89 bits per heavy atom. The van der Waals surface area contributed by atoms with Crippen LogP contribution in [0.25, 0.3) is 0 Å². The lowest BCUT2D eigenvalue weighted by atomic mass is 9.83. The normalized spacial score (nSPS) is 15.9. The van der Waals surface area contributed by atoms with Crippen molar-refractivity contribution in [3.05, 3.63) is 71.8 Å². The standard InChI is InChI=1S/C23H27NO3/c1-27-23(26)21(24-22(25)19-15-9-4-10-16-19)20(17-11-5-2-6-12-17)18-13-7-3-8-14-18/h2-3,5-8,11-14,19-21H,4,9-10,15-16H2,1H3,(H,24,25)/t21-/m1/s1. The monoisotopic (exact) mass is 365 g/mol. The molecule has 0 aromatic heterocycles. The van der Waals surface area contributed by atoms with Gasteiger partial charge in [0.15, 0.2) is 0 Å². The Bertz CT molecular complexity index is 699. The van der Waals surface area contributed by atoms with E-state index in [-0.39, 0.29) is 17.7 Å². The molecule has 3 rings (SSSR count). The number of amides is 1. The lowest BCUT2D eigenvalue weighted by Crippen LogP contribution is -2.48. The van der Waals surface area contributed by atoms with Crippen LogP contribution < -0.4 is 5.32 Å². The molecule has 2 aromatic rings. The van der Waals surface area contributed by atoms with E-state index in [0.717, 1.165) is 36.8 Å². The second kappa shape index (κ2) is 9.36. The number of esters is 1. The van der Waals surface area contributed by atoms with E-state index < -0.39 is 12.0 Å². The lowest BCUT2D eigenvalue weighted by Gasteiger charge is -2.29. The van der Waals surface area contributed by atoms with E-state index in [1.54, 1.807) is 0 Å². The highest BCUT2D eigenvalue weighted by Crippen LogP contribution is 2.30. The van der Waals surface area contributed by atoms with E-state index in [0.29, 0.717) is 0 Å². The smallest absolute Gasteiger partial charge is 0.329 e. The fraction of sp³-hybridized carbons (Fsp3) is 0.391. The molecule has 1 amide bonds. The first kappa shape index (κ1) is 19.2. The molecular weight excluding hydrogens is 338 g/mol. The SMILES string of the molecule is COC(=O)[C@H](NC(=O)C1CCCCC1)C(c1ccccc1)c1ccccc1. The number of carbonyl (C=O) groups is 2. The molecular formula is C23H27NO3. The van der Waals surface area contributed by atoms with Crippen molar-refractivity contribution in [2.24, 2.45) is 5.92 Å². The van der Waals surface area contributed by atoms with Gasteiger partial charge in [0.1, 0.15) is 6.04 Å². The highest BCUT2D eigenvalue weighted by Gasteiger charge is 2.35. The average molecular weight is 365 g/mol. The van der Waals surface area contributed by atoms with Gasteiger partial charge in [-0.1, -0.05) is 79.9 Å². The van der Waals surface area contributed by atoms with Crippen LogP contribution in [0.4, 0.5) is 0 Å². The largest absolute Gasteiger partial charge is 0.467 e. The van der Waals surface area contributed by atoms with E-state index in [1.165, 1.54) is 13.5 Å². The summed E-state index contributed by atoms with van der Waals surface area (Å²) in [6, 6.07) is 18.9. The molecule has 4 nitrogen and oxygen atoms in total. The fourth-order valence-corrected chi connectivity index (χ4v) is 3.94. The average Bonchev–Trinajstić information content (AvgIpc) is 2.74. The second-order valence-corrected chi connectivity index (χ2v) is 7.14. The molecule has 0 radical (unpaired) electrons. The zero-order valence-electron chi connectivity index (χ0n) is 15.8. The number of hydrogen-bond acceptors (Lipinski definition) is 3. The van der Waals surface area contributed by atoms with Crippen LogP contribution in [0.15, 0.2) is 60.7 Å². The van der Waals surface area contributed by atoms with E-state index in [9.17, 15) is 9.59 Å². The number of carbonyl (C=O) groups excluding carboxylic acids is 2. The van der Waals surface area contributed by atoms with Crippen molar-refractivity contribution in [2.45, 2.75) is 44.1 Å². The summed E-state index contributed by atoms with van der Waals surface area (Å²) < 4.78 is 5.07. The van der Waals surface area contributed by atoms with Gasteiger partial charge in [-0.3, -0.25) is 4.79 Å². The maximum atomic E-state index is 12.9. The first-order valence-corrected chi connectivity index (χ1v) is 9.69. The molecule has 0 spiro atoms. The van der Waals surface area contributed by atoms with Crippen LogP contribution in [0.2, 0.25) is 0 Å². The van der Waals surface area contributed by atoms with E-state index in [2.05, 4.69) is 5.32 Å². The molecule has 2 aromatic carbocycles. The van der Waals surface area contributed by atoms with Gasteiger partial charge in [0, 0.05) is 11.8 Å². The summed E-state index contributed by atoms with van der Waals surface area (Å²) in [4.78, 5) is 25.6. The molecule has 1 saturated carbocycles. The van der Waals surface area contributed by atoms with Crippen molar-refractivity contribution >= 4 is 11.9 Å². The fourth-order valence-electron chi connectivity index (χ4n) is 3.94. The molecule has 1 aliphatic rings. The number of hydrogen-bond donors (Lipinski definition) is 1. The molecule has 27 heavy (non-hydrogen) atoms. The summed E-state index contributed by atoms with van der Waals surface area (Å²) in [6.07, 6.45) is 5.10. The number of ether oxygens (including phenoxy) is 1. The molecule has 1 N–H and O–H groups in total. The summed E-state index contributed by atoms with van der Waals surface area (Å²) >= 11 is 0. The Morgan fingerprint density at radius 1 is 0.889 bits per heavy atom. The minimum absolute atomic E-state index is 0.0156. The van der Waals surface area contributed by atoms with E-state index in [1.807, 2.05) is 60.7 Å². The van der Waals surface area contributed by atoms with E-state index in [4.69, 9.17) is 4.74 Å².